The van der Waals surface area contributed by atoms with E-state index in [4.69, 9.17) is 0 Å². The standard InChI is InChI=1S/C27H48/c1-5-7-8-9-10-21-12-14-24-23-13-11-22-19-20(6-2)15-17-27(22,4)25(23)16-18-26(21,24)3/h20-25H,5-19H2,1-4H3/t20-,21?,22+,23-,24?,25?,26+,27-/m0/s1. The maximum Gasteiger partial charge on any atom is -0.0266 e. The van der Waals surface area contributed by atoms with Crippen LogP contribution in [0.4, 0.5) is 0 Å². The summed E-state index contributed by atoms with van der Waals surface area (Å²) in [6.07, 6.45) is 22.9. The molecule has 0 amide bonds. The van der Waals surface area contributed by atoms with Gasteiger partial charge in [0.2, 0.25) is 0 Å². The molecule has 4 aliphatic carbocycles. The first-order valence-corrected chi connectivity index (χ1v) is 13.0. The van der Waals surface area contributed by atoms with Gasteiger partial charge < -0.3 is 0 Å². The average Bonchev–Trinajstić information content (AvgIpc) is 3.01. The van der Waals surface area contributed by atoms with Crippen molar-refractivity contribution in [2.75, 3.05) is 0 Å². The van der Waals surface area contributed by atoms with Crippen molar-refractivity contribution in [1.82, 2.24) is 0 Å². The summed E-state index contributed by atoms with van der Waals surface area (Å²) in [7, 11) is 0. The summed E-state index contributed by atoms with van der Waals surface area (Å²) < 4.78 is 0. The normalized spacial score (nSPS) is 49.3. The largest absolute Gasteiger partial charge is 0.0654 e. The minimum absolute atomic E-state index is 0.704. The Morgan fingerprint density at radius 1 is 0.741 bits per heavy atom. The van der Waals surface area contributed by atoms with Gasteiger partial charge in [0.15, 0.2) is 0 Å². The van der Waals surface area contributed by atoms with Crippen LogP contribution < -0.4 is 0 Å². The highest BCUT2D eigenvalue weighted by Crippen LogP contribution is 2.68. The van der Waals surface area contributed by atoms with Gasteiger partial charge in [-0.2, -0.15) is 0 Å². The number of hydrogen-bond donors (Lipinski definition) is 0. The Kier molecular flexibility index (Phi) is 6.03. The van der Waals surface area contributed by atoms with Gasteiger partial charge in [0.1, 0.15) is 0 Å². The predicted octanol–water partition coefficient (Wildman–Crippen LogP) is 8.64. The highest BCUT2D eigenvalue weighted by Gasteiger charge is 2.59. The lowest BCUT2D eigenvalue weighted by Gasteiger charge is -2.61. The second-order valence-electron chi connectivity index (χ2n) is 11.9. The molecule has 4 saturated carbocycles. The third-order valence-corrected chi connectivity index (χ3v) is 11.0. The van der Waals surface area contributed by atoms with E-state index in [1.165, 1.54) is 38.5 Å². The molecule has 156 valence electrons. The molecule has 8 atom stereocenters. The van der Waals surface area contributed by atoms with E-state index in [1.54, 1.807) is 57.8 Å². The van der Waals surface area contributed by atoms with Crippen LogP contribution in [0.5, 0.6) is 0 Å². The summed E-state index contributed by atoms with van der Waals surface area (Å²) in [6, 6.07) is 0. The van der Waals surface area contributed by atoms with Gasteiger partial charge in [-0.3, -0.25) is 0 Å². The number of unbranched alkanes of at least 4 members (excludes halogenated alkanes) is 3. The van der Waals surface area contributed by atoms with E-state index in [1.807, 2.05) is 0 Å². The summed E-state index contributed by atoms with van der Waals surface area (Å²) >= 11 is 0. The molecule has 0 N–H and O–H groups in total. The SMILES string of the molecule is CCCCCCC1CCC2[C@@H]3CC[C@@H]4C[C@@H](CC)CC[C@]4(C)C3CC[C@]12C. The fourth-order valence-electron chi connectivity index (χ4n) is 9.12. The first-order valence-electron chi connectivity index (χ1n) is 13.0. The Morgan fingerprint density at radius 2 is 1.52 bits per heavy atom. The molecule has 3 unspecified atom stereocenters. The minimum atomic E-state index is 0.704. The Hall–Kier alpha value is 0. The second kappa shape index (κ2) is 8.02. The summed E-state index contributed by atoms with van der Waals surface area (Å²) in [4.78, 5) is 0. The van der Waals surface area contributed by atoms with Crippen molar-refractivity contribution < 1.29 is 0 Å². The predicted molar refractivity (Wildman–Crippen MR) is 118 cm³/mol. The van der Waals surface area contributed by atoms with Gasteiger partial charge in [-0.05, 0) is 111 Å². The van der Waals surface area contributed by atoms with E-state index in [2.05, 4.69) is 27.7 Å². The maximum absolute atomic E-state index is 2.75. The molecule has 4 aliphatic rings. The molecule has 0 aromatic rings. The van der Waals surface area contributed by atoms with Crippen LogP contribution >= 0.6 is 0 Å². The molecule has 0 heteroatoms. The van der Waals surface area contributed by atoms with Crippen LogP contribution in [0.1, 0.15) is 124 Å². The Bertz CT molecular complexity index is 494. The molecule has 4 rings (SSSR count). The van der Waals surface area contributed by atoms with Crippen molar-refractivity contribution in [2.45, 2.75) is 124 Å². The molecule has 27 heavy (non-hydrogen) atoms. The van der Waals surface area contributed by atoms with Gasteiger partial charge in [0.25, 0.3) is 0 Å². The summed E-state index contributed by atoms with van der Waals surface area (Å²) in [5.41, 5.74) is 1.41. The molecular formula is C27H48. The van der Waals surface area contributed by atoms with Crippen LogP contribution in [0.3, 0.4) is 0 Å². The van der Waals surface area contributed by atoms with Crippen LogP contribution in [0.15, 0.2) is 0 Å². The summed E-state index contributed by atoms with van der Waals surface area (Å²) in [5.74, 6) is 6.41. The van der Waals surface area contributed by atoms with E-state index in [0.717, 1.165) is 35.5 Å². The highest BCUT2D eigenvalue weighted by molar-refractivity contribution is 5.09. The van der Waals surface area contributed by atoms with Crippen molar-refractivity contribution >= 4 is 0 Å². The first kappa shape index (κ1) is 20.3. The third kappa shape index (κ3) is 3.44. The zero-order valence-corrected chi connectivity index (χ0v) is 19.1. The molecule has 0 nitrogen and oxygen atoms in total. The van der Waals surface area contributed by atoms with Gasteiger partial charge >= 0.3 is 0 Å². The first-order chi connectivity index (χ1) is 13.0. The lowest BCUT2D eigenvalue weighted by molar-refractivity contribution is -0.118. The molecule has 0 aromatic carbocycles. The molecule has 0 spiro atoms. The van der Waals surface area contributed by atoms with Gasteiger partial charge in [0, 0.05) is 0 Å². The summed E-state index contributed by atoms with van der Waals surface area (Å²) in [6.45, 7) is 10.3. The zero-order chi connectivity index (χ0) is 19.1. The van der Waals surface area contributed by atoms with Crippen molar-refractivity contribution in [1.29, 1.82) is 0 Å². The summed E-state index contributed by atoms with van der Waals surface area (Å²) in [5, 5.41) is 0. The zero-order valence-electron chi connectivity index (χ0n) is 19.1. The molecule has 0 bridgehead atoms. The molecular weight excluding hydrogens is 324 g/mol. The Labute approximate surface area is 170 Å². The van der Waals surface area contributed by atoms with E-state index < -0.39 is 0 Å². The van der Waals surface area contributed by atoms with Crippen molar-refractivity contribution in [3.05, 3.63) is 0 Å². The Balaban J connectivity index is 1.44. The van der Waals surface area contributed by atoms with Crippen molar-refractivity contribution in [2.24, 2.45) is 46.3 Å². The van der Waals surface area contributed by atoms with Crippen LogP contribution in [0.25, 0.3) is 0 Å². The number of hydrogen-bond acceptors (Lipinski definition) is 0. The lowest BCUT2D eigenvalue weighted by atomic mass is 9.44. The van der Waals surface area contributed by atoms with Gasteiger partial charge in [-0.25, -0.2) is 0 Å². The Morgan fingerprint density at radius 3 is 2.30 bits per heavy atom. The monoisotopic (exact) mass is 372 g/mol. The number of fused-ring (bicyclic) bond motifs is 5. The molecule has 4 fully saturated rings. The quantitative estimate of drug-likeness (QED) is 0.409. The molecule has 0 radical (unpaired) electrons. The number of rotatable bonds is 6. The highest BCUT2D eigenvalue weighted by atomic mass is 14.6. The third-order valence-electron chi connectivity index (χ3n) is 11.0. The van der Waals surface area contributed by atoms with Gasteiger partial charge in [0.05, 0.1) is 0 Å². The topological polar surface area (TPSA) is 0 Å². The van der Waals surface area contributed by atoms with Crippen molar-refractivity contribution in [3.63, 3.8) is 0 Å². The smallest absolute Gasteiger partial charge is 0.0266 e. The fraction of sp³-hybridized carbons (Fsp3) is 1.00. The average molecular weight is 373 g/mol. The van der Waals surface area contributed by atoms with Crippen LogP contribution in [0.2, 0.25) is 0 Å². The molecule has 0 aliphatic heterocycles. The van der Waals surface area contributed by atoms with E-state index >= 15 is 0 Å². The molecule has 0 aromatic heterocycles. The van der Waals surface area contributed by atoms with Gasteiger partial charge in [-0.15, -0.1) is 0 Å². The van der Waals surface area contributed by atoms with E-state index in [0.29, 0.717) is 10.8 Å². The lowest BCUT2D eigenvalue weighted by Crippen LogP contribution is -2.53. The van der Waals surface area contributed by atoms with E-state index in [9.17, 15) is 0 Å². The van der Waals surface area contributed by atoms with E-state index in [-0.39, 0.29) is 0 Å². The molecule has 0 saturated heterocycles. The van der Waals surface area contributed by atoms with Crippen LogP contribution in [-0.2, 0) is 0 Å². The minimum Gasteiger partial charge on any atom is -0.0654 e. The fourth-order valence-corrected chi connectivity index (χ4v) is 9.12. The van der Waals surface area contributed by atoms with Crippen molar-refractivity contribution in [3.8, 4) is 0 Å². The second-order valence-corrected chi connectivity index (χ2v) is 11.9. The molecule has 0 heterocycles. The van der Waals surface area contributed by atoms with Crippen LogP contribution in [0, 0.1) is 46.3 Å². The van der Waals surface area contributed by atoms with Gasteiger partial charge in [-0.1, -0.05) is 59.8 Å². The maximum atomic E-state index is 2.75. The van der Waals surface area contributed by atoms with Crippen LogP contribution in [-0.4, -0.2) is 0 Å².